The molecule has 90 valence electrons. The van der Waals surface area contributed by atoms with Crippen LogP contribution in [-0.4, -0.2) is 19.8 Å². The van der Waals surface area contributed by atoms with Crippen LogP contribution in [0, 0.1) is 0 Å². The van der Waals surface area contributed by atoms with Gasteiger partial charge in [-0.15, -0.1) is 0 Å². The van der Waals surface area contributed by atoms with Gasteiger partial charge in [-0.05, 0) is 19.9 Å². The SMILES string of the molecule is CCOC(CN)(OCC)c1ccccc1Br. The van der Waals surface area contributed by atoms with Gasteiger partial charge < -0.3 is 15.2 Å². The van der Waals surface area contributed by atoms with Crippen LogP contribution in [0.25, 0.3) is 0 Å². The molecule has 0 saturated carbocycles. The summed E-state index contributed by atoms with van der Waals surface area (Å²) in [5, 5.41) is 0. The summed E-state index contributed by atoms with van der Waals surface area (Å²) in [5.74, 6) is -0.844. The molecule has 16 heavy (non-hydrogen) atoms. The second kappa shape index (κ2) is 6.35. The van der Waals surface area contributed by atoms with Crippen LogP contribution in [0.3, 0.4) is 0 Å². The summed E-state index contributed by atoms with van der Waals surface area (Å²) >= 11 is 3.50. The second-order valence-electron chi connectivity index (χ2n) is 3.30. The molecule has 0 aromatic heterocycles. The van der Waals surface area contributed by atoms with Gasteiger partial charge in [0.2, 0.25) is 5.79 Å². The van der Waals surface area contributed by atoms with Crippen molar-refractivity contribution in [3.63, 3.8) is 0 Å². The van der Waals surface area contributed by atoms with E-state index in [4.69, 9.17) is 15.2 Å². The first-order valence-electron chi connectivity index (χ1n) is 5.43. The first kappa shape index (κ1) is 13.6. The van der Waals surface area contributed by atoms with Gasteiger partial charge in [0.25, 0.3) is 0 Å². The van der Waals surface area contributed by atoms with E-state index in [1.54, 1.807) is 0 Å². The molecule has 0 spiro atoms. The van der Waals surface area contributed by atoms with E-state index in [9.17, 15) is 0 Å². The van der Waals surface area contributed by atoms with Crippen LogP contribution in [0.15, 0.2) is 28.7 Å². The van der Waals surface area contributed by atoms with E-state index < -0.39 is 5.79 Å². The Morgan fingerprint density at radius 1 is 1.19 bits per heavy atom. The van der Waals surface area contributed by atoms with E-state index in [0.717, 1.165) is 10.0 Å². The highest BCUT2D eigenvalue weighted by atomic mass is 79.9. The summed E-state index contributed by atoms with van der Waals surface area (Å²) in [7, 11) is 0. The number of nitrogens with two attached hydrogens (primary N) is 1. The van der Waals surface area contributed by atoms with E-state index in [-0.39, 0.29) is 6.54 Å². The smallest absolute Gasteiger partial charge is 0.208 e. The van der Waals surface area contributed by atoms with Crippen molar-refractivity contribution in [1.82, 2.24) is 0 Å². The third-order valence-corrected chi connectivity index (χ3v) is 3.00. The van der Waals surface area contributed by atoms with Crippen molar-refractivity contribution in [3.05, 3.63) is 34.3 Å². The van der Waals surface area contributed by atoms with Gasteiger partial charge in [-0.3, -0.25) is 0 Å². The quantitative estimate of drug-likeness (QED) is 0.818. The van der Waals surface area contributed by atoms with Gasteiger partial charge in [0, 0.05) is 23.2 Å². The number of ether oxygens (including phenoxy) is 2. The minimum absolute atomic E-state index is 0.289. The van der Waals surface area contributed by atoms with Gasteiger partial charge >= 0.3 is 0 Å². The molecule has 0 aliphatic heterocycles. The van der Waals surface area contributed by atoms with Crippen LogP contribution in [0.5, 0.6) is 0 Å². The van der Waals surface area contributed by atoms with Crippen LogP contribution in [0.2, 0.25) is 0 Å². The van der Waals surface area contributed by atoms with Crippen molar-refractivity contribution in [2.75, 3.05) is 19.8 Å². The molecule has 3 nitrogen and oxygen atoms in total. The van der Waals surface area contributed by atoms with Gasteiger partial charge in [0.15, 0.2) is 0 Å². The molecule has 1 aromatic carbocycles. The summed E-state index contributed by atoms with van der Waals surface area (Å²) in [5.41, 5.74) is 6.74. The third kappa shape index (κ3) is 2.83. The highest BCUT2D eigenvalue weighted by Gasteiger charge is 2.33. The Morgan fingerprint density at radius 2 is 1.75 bits per heavy atom. The van der Waals surface area contributed by atoms with Crippen molar-refractivity contribution in [3.8, 4) is 0 Å². The number of halogens is 1. The largest absolute Gasteiger partial charge is 0.345 e. The molecule has 4 heteroatoms. The van der Waals surface area contributed by atoms with Gasteiger partial charge in [-0.25, -0.2) is 0 Å². The Labute approximate surface area is 105 Å². The fraction of sp³-hybridized carbons (Fsp3) is 0.500. The minimum Gasteiger partial charge on any atom is -0.345 e. The topological polar surface area (TPSA) is 44.5 Å². The first-order chi connectivity index (χ1) is 7.70. The molecule has 0 heterocycles. The summed E-state index contributed by atoms with van der Waals surface area (Å²) < 4.78 is 12.4. The zero-order chi connectivity index (χ0) is 12.0. The Hall–Kier alpha value is -0.420. The molecule has 0 aliphatic rings. The molecule has 2 N–H and O–H groups in total. The maximum absolute atomic E-state index is 5.81. The number of hydrogen-bond acceptors (Lipinski definition) is 3. The lowest BCUT2D eigenvalue weighted by Crippen LogP contribution is -2.41. The van der Waals surface area contributed by atoms with Crippen LogP contribution in [-0.2, 0) is 15.3 Å². The number of rotatable bonds is 6. The lowest BCUT2D eigenvalue weighted by Gasteiger charge is -2.33. The van der Waals surface area contributed by atoms with Gasteiger partial charge in [0.1, 0.15) is 0 Å². The van der Waals surface area contributed by atoms with Gasteiger partial charge in [0.05, 0.1) is 6.54 Å². The zero-order valence-corrected chi connectivity index (χ0v) is 11.3. The molecule has 0 radical (unpaired) electrons. The van der Waals surface area contributed by atoms with Crippen molar-refractivity contribution in [2.45, 2.75) is 19.6 Å². The maximum atomic E-state index is 5.81. The zero-order valence-electron chi connectivity index (χ0n) is 9.70. The molecular weight excluding hydrogens is 270 g/mol. The van der Waals surface area contributed by atoms with E-state index in [0.29, 0.717) is 13.2 Å². The Bertz CT molecular complexity index is 325. The average Bonchev–Trinajstić information content (AvgIpc) is 2.29. The summed E-state index contributed by atoms with van der Waals surface area (Å²) in [6.07, 6.45) is 0. The molecule has 1 rings (SSSR count). The van der Waals surface area contributed by atoms with Crippen molar-refractivity contribution < 1.29 is 9.47 Å². The van der Waals surface area contributed by atoms with E-state index in [1.165, 1.54) is 0 Å². The second-order valence-corrected chi connectivity index (χ2v) is 4.16. The van der Waals surface area contributed by atoms with Crippen molar-refractivity contribution in [1.29, 1.82) is 0 Å². The molecule has 0 unspecified atom stereocenters. The molecule has 0 bridgehead atoms. The third-order valence-electron chi connectivity index (χ3n) is 2.31. The molecule has 1 aromatic rings. The van der Waals surface area contributed by atoms with Crippen LogP contribution >= 0.6 is 15.9 Å². The number of hydrogen-bond donors (Lipinski definition) is 1. The summed E-state index contributed by atoms with van der Waals surface area (Å²) in [6.45, 7) is 5.26. The lowest BCUT2D eigenvalue weighted by atomic mass is 10.1. The normalized spacial score (nSPS) is 11.8. The molecule has 0 fully saturated rings. The summed E-state index contributed by atoms with van der Waals surface area (Å²) in [6, 6.07) is 7.81. The Morgan fingerprint density at radius 3 is 2.19 bits per heavy atom. The Kier molecular flexibility index (Phi) is 5.41. The van der Waals surface area contributed by atoms with E-state index >= 15 is 0 Å². The highest BCUT2D eigenvalue weighted by molar-refractivity contribution is 9.10. The van der Waals surface area contributed by atoms with Crippen LogP contribution in [0.1, 0.15) is 19.4 Å². The minimum atomic E-state index is -0.844. The van der Waals surface area contributed by atoms with E-state index in [2.05, 4.69) is 15.9 Å². The van der Waals surface area contributed by atoms with Crippen molar-refractivity contribution in [2.24, 2.45) is 5.73 Å². The Balaban J connectivity index is 3.13. The molecule has 0 amide bonds. The molecular formula is C12H18BrNO2. The predicted molar refractivity (Wildman–Crippen MR) is 68.1 cm³/mol. The standard InChI is InChI=1S/C12H18BrNO2/c1-3-15-12(9-14,16-4-2)10-7-5-6-8-11(10)13/h5-8H,3-4,9,14H2,1-2H3. The van der Waals surface area contributed by atoms with Gasteiger partial charge in [-0.1, -0.05) is 34.1 Å². The lowest BCUT2D eigenvalue weighted by molar-refractivity contribution is -0.235. The van der Waals surface area contributed by atoms with Crippen LogP contribution in [0.4, 0.5) is 0 Å². The number of benzene rings is 1. The summed E-state index contributed by atoms with van der Waals surface area (Å²) in [4.78, 5) is 0. The molecule has 0 atom stereocenters. The first-order valence-corrected chi connectivity index (χ1v) is 6.22. The molecule has 0 saturated heterocycles. The van der Waals surface area contributed by atoms with Gasteiger partial charge in [-0.2, -0.15) is 0 Å². The maximum Gasteiger partial charge on any atom is 0.208 e. The fourth-order valence-corrected chi connectivity index (χ4v) is 2.25. The highest BCUT2D eigenvalue weighted by Crippen LogP contribution is 2.32. The van der Waals surface area contributed by atoms with E-state index in [1.807, 2.05) is 38.1 Å². The predicted octanol–water partition coefficient (Wildman–Crippen LogP) is 2.63. The molecule has 0 aliphatic carbocycles. The van der Waals surface area contributed by atoms with Crippen molar-refractivity contribution >= 4 is 15.9 Å². The van der Waals surface area contributed by atoms with Crippen LogP contribution < -0.4 is 5.73 Å². The monoisotopic (exact) mass is 287 g/mol. The fourth-order valence-electron chi connectivity index (χ4n) is 1.66. The average molecular weight is 288 g/mol.